The van der Waals surface area contributed by atoms with Crippen LogP contribution in [-0.2, 0) is 14.3 Å². The number of aromatic nitrogens is 2. The number of amides is 1. The van der Waals surface area contributed by atoms with E-state index in [1.54, 1.807) is 19.5 Å². The summed E-state index contributed by atoms with van der Waals surface area (Å²) in [5.74, 6) is 0.261. The summed E-state index contributed by atoms with van der Waals surface area (Å²) < 4.78 is 10.7. The van der Waals surface area contributed by atoms with Crippen molar-refractivity contribution in [3.05, 3.63) is 36.7 Å². The van der Waals surface area contributed by atoms with Crippen LogP contribution in [0.3, 0.4) is 0 Å². The van der Waals surface area contributed by atoms with Crippen LogP contribution < -0.4 is 15.4 Å². The molecular weight excluding hydrogens is 428 g/mol. The molecule has 32 heavy (non-hydrogen) atoms. The first-order valence-electron chi connectivity index (χ1n) is 10.6. The zero-order chi connectivity index (χ0) is 23.1. The molecule has 0 radical (unpaired) electrons. The molecule has 2 unspecified atom stereocenters. The van der Waals surface area contributed by atoms with E-state index in [4.69, 9.17) is 9.47 Å². The van der Waals surface area contributed by atoms with Crippen LogP contribution in [0.15, 0.2) is 41.8 Å². The van der Waals surface area contributed by atoms with Gasteiger partial charge in [0.1, 0.15) is 17.4 Å². The summed E-state index contributed by atoms with van der Waals surface area (Å²) in [4.78, 5) is 33.9. The number of methoxy groups -OCH3 is 1. The molecule has 3 rings (SSSR count). The van der Waals surface area contributed by atoms with Gasteiger partial charge in [-0.1, -0.05) is 23.9 Å². The Hall–Kier alpha value is -2.65. The summed E-state index contributed by atoms with van der Waals surface area (Å²) in [5.41, 5.74) is 1.24. The van der Waals surface area contributed by atoms with Crippen LogP contribution >= 0.6 is 11.8 Å². The van der Waals surface area contributed by atoms with Crippen molar-refractivity contribution in [1.82, 2.24) is 20.6 Å². The predicted octanol–water partition coefficient (Wildman–Crippen LogP) is 2.68. The molecule has 1 aliphatic rings. The van der Waals surface area contributed by atoms with Crippen LogP contribution in [0.2, 0.25) is 0 Å². The maximum atomic E-state index is 12.7. The largest absolute Gasteiger partial charge is 0.497 e. The summed E-state index contributed by atoms with van der Waals surface area (Å²) in [7, 11) is 1.63. The summed E-state index contributed by atoms with van der Waals surface area (Å²) >= 11 is 1.23. The van der Waals surface area contributed by atoms with E-state index >= 15 is 0 Å². The zero-order valence-electron chi connectivity index (χ0n) is 18.9. The summed E-state index contributed by atoms with van der Waals surface area (Å²) in [6, 6.07) is 6.96. The van der Waals surface area contributed by atoms with E-state index in [1.165, 1.54) is 11.8 Å². The highest BCUT2D eigenvalue weighted by Crippen LogP contribution is 2.23. The highest BCUT2D eigenvalue weighted by atomic mass is 32.2. The number of carbonyl (C=O) groups excluding carboxylic acids is 2. The monoisotopic (exact) mass is 458 g/mol. The minimum Gasteiger partial charge on any atom is -0.497 e. The zero-order valence-corrected chi connectivity index (χ0v) is 19.7. The highest BCUT2D eigenvalue weighted by molar-refractivity contribution is 7.99. The Labute approximate surface area is 192 Å². The van der Waals surface area contributed by atoms with Crippen molar-refractivity contribution in [2.45, 2.75) is 44.0 Å². The fourth-order valence-electron chi connectivity index (χ4n) is 3.36. The van der Waals surface area contributed by atoms with Crippen molar-refractivity contribution >= 4 is 23.6 Å². The van der Waals surface area contributed by atoms with Crippen LogP contribution in [0.1, 0.15) is 27.2 Å². The first kappa shape index (κ1) is 24.0. The molecule has 0 bridgehead atoms. The summed E-state index contributed by atoms with van der Waals surface area (Å²) in [6.45, 7) is 6.95. The SMILES string of the molecule is COc1ccc(-c2cnc(SCC(=O)NC(C(=O)OC(C)(C)C)C3CCNC3)nc2)cc1. The fraction of sp³-hybridized carbons (Fsp3) is 0.478. The maximum absolute atomic E-state index is 12.7. The molecule has 8 nitrogen and oxygen atoms in total. The van der Waals surface area contributed by atoms with Crippen molar-refractivity contribution in [2.24, 2.45) is 5.92 Å². The number of rotatable bonds is 8. The van der Waals surface area contributed by atoms with Gasteiger partial charge in [-0.05, 0) is 51.4 Å². The van der Waals surface area contributed by atoms with Gasteiger partial charge in [0.15, 0.2) is 5.16 Å². The van der Waals surface area contributed by atoms with Crippen LogP contribution in [0.4, 0.5) is 0 Å². The molecule has 1 aromatic carbocycles. The van der Waals surface area contributed by atoms with E-state index in [-0.39, 0.29) is 17.6 Å². The van der Waals surface area contributed by atoms with E-state index in [9.17, 15) is 9.59 Å². The molecule has 0 aliphatic carbocycles. The second-order valence-corrected chi connectivity index (χ2v) is 9.55. The molecule has 2 aromatic rings. The number of thioether (sulfide) groups is 1. The number of nitrogens with zero attached hydrogens (tertiary/aromatic N) is 2. The third-order valence-corrected chi connectivity index (χ3v) is 5.81. The number of esters is 1. The average molecular weight is 459 g/mol. The van der Waals surface area contributed by atoms with Gasteiger partial charge in [0, 0.05) is 30.4 Å². The van der Waals surface area contributed by atoms with Gasteiger partial charge in [-0.15, -0.1) is 0 Å². The van der Waals surface area contributed by atoms with Gasteiger partial charge >= 0.3 is 5.97 Å². The smallest absolute Gasteiger partial charge is 0.329 e. The maximum Gasteiger partial charge on any atom is 0.329 e. The van der Waals surface area contributed by atoms with E-state index < -0.39 is 17.6 Å². The number of nitrogens with one attached hydrogen (secondary N) is 2. The number of hydrogen-bond acceptors (Lipinski definition) is 8. The lowest BCUT2D eigenvalue weighted by atomic mass is 9.98. The Bertz CT molecular complexity index is 907. The van der Waals surface area contributed by atoms with Crippen molar-refractivity contribution in [1.29, 1.82) is 0 Å². The van der Waals surface area contributed by atoms with E-state index in [1.807, 2.05) is 45.0 Å². The lowest BCUT2D eigenvalue weighted by Crippen LogP contribution is -2.49. The van der Waals surface area contributed by atoms with Crippen LogP contribution in [-0.4, -0.2) is 59.4 Å². The van der Waals surface area contributed by atoms with Gasteiger partial charge in [0.25, 0.3) is 0 Å². The highest BCUT2D eigenvalue weighted by Gasteiger charge is 2.35. The van der Waals surface area contributed by atoms with Gasteiger partial charge in [-0.25, -0.2) is 14.8 Å². The quantitative estimate of drug-likeness (QED) is 0.354. The van der Waals surface area contributed by atoms with E-state index in [0.717, 1.165) is 29.8 Å². The first-order chi connectivity index (χ1) is 15.2. The second kappa shape index (κ2) is 10.8. The third-order valence-electron chi connectivity index (χ3n) is 4.93. The fourth-order valence-corrected chi connectivity index (χ4v) is 3.96. The second-order valence-electron chi connectivity index (χ2n) is 8.60. The molecule has 2 N–H and O–H groups in total. The van der Waals surface area contributed by atoms with Gasteiger partial charge < -0.3 is 20.1 Å². The number of ether oxygens (including phenoxy) is 2. The normalized spacial score (nSPS) is 16.9. The molecule has 1 amide bonds. The molecule has 1 fully saturated rings. The van der Waals surface area contributed by atoms with Crippen molar-refractivity contribution in [3.63, 3.8) is 0 Å². The minimum atomic E-state index is -0.671. The molecule has 9 heteroatoms. The standard InChI is InChI=1S/C23H30N4O4S/c1-23(2,3)31-21(29)20(16-9-10-24-11-16)27-19(28)14-32-22-25-12-17(13-26-22)15-5-7-18(30-4)8-6-15/h5-8,12-13,16,20,24H,9-11,14H2,1-4H3,(H,27,28). The Morgan fingerprint density at radius 3 is 2.44 bits per heavy atom. The Kier molecular flexibility index (Phi) is 8.09. The number of carbonyl (C=O) groups is 2. The molecule has 2 heterocycles. The van der Waals surface area contributed by atoms with Crippen molar-refractivity contribution < 1.29 is 19.1 Å². The molecule has 1 aromatic heterocycles. The van der Waals surface area contributed by atoms with Gasteiger partial charge in [-0.3, -0.25) is 4.79 Å². The molecule has 0 saturated carbocycles. The van der Waals surface area contributed by atoms with Gasteiger partial charge in [0.2, 0.25) is 5.91 Å². The summed E-state index contributed by atoms with van der Waals surface area (Å²) in [6.07, 6.45) is 4.26. The lowest BCUT2D eigenvalue weighted by molar-refractivity contribution is -0.160. The van der Waals surface area contributed by atoms with E-state index in [0.29, 0.717) is 11.7 Å². The molecule has 0 spiro atoms. The topological polar surface area (TPSA) is 102 Å². The minimum absolute atomic E-state index is 0.0128. The molecule has 1 aliphatic heterocycles. The number of hydrogen-bond donors (Lipinski definition) is 2. The van der Waals surface area contributed by atoms with Crippen LogP contribution in [0, 0.1) is 5.92 Å². The van der Waals surface area contributed by atoms with Gasteiger partial charge in [-0.2, -0.15) is 0 Å². The number of benzene rings is 1. The molecule has 2 atom stereocenters. The molecule has 172 valence electrons. The third kappa shape index (κ3) is 6.93. The van der Waals surface area contributed by atoms with Crippen LogP contribution in [0.25, 0.3) is 11.1 Å². The van der Waals surface area contributed by atoms with Crippen molar-refractivity contribution in [3.8, 4) is 16.9 Å². The van der Waals surface area contributed by atoms with E-state index in [2.05, 4.69) is 20.6 Å². The lowest BCUT2D eigenvalue weighted by Gasteiger charge is -2.27. The Morgan fingerprint density at radius 2 is 1.88 bits per heavy atom. The predicted molar refractivity (Wildman–Crippen MR) is 123 cm³/mol. The van der Waals surface area contributed by atoms with Crippen molar-refractivity contribution in [2.75, 3.05) is 26.0 Å². The molecular formula is C23H30N4O4S. The Morgan fingerprint density at radius 1 is 1.19 bits per heavy atom. The molecule has 1 saturated heterocycles. The van der Waals surface area contributed by atoms with Gasteiger partial charge in [0.05, 0.1) is 12.9 Å². The first-order valence-corrected chi connectivity index (χ1v) is 11.6. The average Bonchev–Trinajstić information content (AvgIpc) is 3.30. The Balaban J connectivity index is 1.56. The summed E-state index contributed by atoms with van der Waals surface area (Å²) in [5, 5.41) is 6.59. The van der Waals surface area contributed by atoms with Crippen LogP contribution in [0.5, 0.6) is 5.75 Å².